The first-order valence-corrected chi connectivity index (χ1v) is 6.71. The summed E-state index contributed by atoms with van der Waals surface area (Å²) < 4.78 is 0. The van der Waals surface area contributed by atoms with Crippen LogP contribution in [0.1, 0.15) is 31.8 Å². The third-order valence-electron chi connectivity index (χ3n) is 3.02. The molecule has 0 atom stereocenters. The molecule has 4 N–H and O–H groups in total. The number of nitro benzene ring substituents is 1. The zero-order valence-corrected chi connectivity index (χ0v) is 13.0. The first-order chi connectivity index (χ1) is 11.1. The van der Waals surface area contributed by atoms with Gasteiger partial charge in [0.2, 0.25) is 0 Å². The summed E-state index contributed by atoms with van der Waals surface area (Å²) >= 11 is 0. The molecule has 0 heterocycles. The molecule has 2 rings (SSSR count). The van der Waals surface area contributed by atoms with Gasteiger partial charge in [-0.2, -0.15) is 0 Å². The number of nitrogens with two attached hydrogens (primary N) is 1. The summed E-state index contributed by atoms with van der Waals surface area (Å²) in [4.78, 5) is 30.7. The summed E-state index contributed by atoms with van der Waals surface area (Å²) in [6.45, 7) is 3.53. The number of aryl methyl sites for hydroxylation is 2. The second-order valence-electron chi connectivity index (χ2n) is 4.98. The number of carboxylic acids is 2. The number of hydrogen-bond donors (Lipinski definition) is 3. The van der Waals surface area contributed by atoms with Gasteiger partial charge in [0.1, 0.15) is 5.56 Å². The van der Waals surface area contributed by atoms with E-state index in [0.717, 1.165) is 5.56 Å². The third-order valence-corrected chi connectivity index (χ3v) is 3.02. The van der Waals surface area contributed by atoms with Crippen LogP contribution in [0.25, 0.3) is 0 Å². The number of nitro groups is 1. The van der Waals surface area contributed by atoms with Gasteiger partial charge in [0.25, 0.3) is 5.69 Å². The number of benzene rings is 2. The van der Waals surface area contributed by atoms with Crippen LogP contribution in [0.4, 0.5) is 11.4 Å². The first-order valence-electron chi connectivity index (χ1n) is 6.71. The van der Waals surface area contributed by atoms with Gasteiger partial charge in [-0.25, -0.2) is 9.59 Å². The number of carboxylic acid groups (broad SMARTS) is 2. The van der Waals surface area contributed by atoms with Crippen molar-refractivity contribution in [3.8, 4) is 0 Å². The molecule has 24 heavy (non-hydrogen) atoms. The Balaban J connectivity index is 0.000000243. The van der Waals surface area contributed by atoms with Crippen LogP contribution >= 0.6 is 0 Å². The lowest BCUT2D eigenvalue weighted by Gasteiger charge is -2.00. The van der Waals surface area contributed by atoms with Crippen LogP contribution < -0.4 is 5.73 Å². The van der Waals surface area contributed by atoms with E-state index in [1.165, 1.54) is 24.3 Å². The SMILES string of the molecule is Cc1ccc(C(=O)O)c(N)c1.Cc1ccc(C(=O)O)c([N+](=O)[O-])c1. The highest BCUT2D eigenvalue weighted by Gasteiger charge is 2.18. The molecule has 0 radical (unpaired) electrons. The van der Waals surface area contributed by atoms with Crippen LogP contribution in [-0.4, -0.2) is 27.1 Å². The van der Waals surface area contributed by atoms with Crippen molar-refractivity contribution in [1.29, 1.82) is 0 Å². The normalized spacial score (nSPS) is 9.58. The van der Waals surface area contributed by atoms with E-state index in [1.807, 2.05) is 6.92 Å². The van der Waals surface area contributed by atoms with Crippen molar-refractivity contribution in [2.24, 2.45) is 0 Å². The fourth-order valence-electron chi connectivity index (χ4n) is 1.85. The molecule has 0 bridgehead atoms. The quantitative estimate of drug-likeness (QED) is 0.445. The molecular formula is C16H16N2O6. The van der Waals surface area contributed by atoms with Gasteiger partial charge >= 0.3 is 11.9 Å². The predicted octanol–water partition coefficient (Wildman–Crippen LogP) is 2.88. The van der Waals surface area contributed by atoms with E-state index >= 15 is 0 Å². The van der Waals surface area contributed by atoms with E-state index in [2.05, 4.69) is 0 Å². The van der Waals surface area contributed by atoms with Crippen LogP contribution in [0.15, 0.2) is 36.4 Å². The van der Waals surface area contributed by atoms with Gasteiger partial charge in [-0.05, 0) is 43.2 Å². The Morgan fingerprint density at radius 1 is 0.958 bits per heavy atom. The van der Waals surface area contributed by atoms with E-state index in [-0.39, 0.29) is 16.8 Å². The Labute approximate surface area is 137 Å². The zero-order valence-electron chi connectivity index (χ0n) is 13.0. The molecule has 126 valence electrons. The van der Waals surface area contributed by atoms with Crippen molar-refractivity contribution >= 4 is 23.3 Å². The van der Waals surface area contributed by atoms with Crippen molar-refractivity contribution in [2.45, 2.75) is 13.8 Å². The highest BCUT2D eigenvalue weighted by molar-refractivity contribution is 5.93. The number of anilines is 1. The van der Waals surface area contributed by atoms with Gasteiger partial charge < -0.3 is 15.9 Å². The summed E-state index contributed by atoms with van der Waals surface area (Å²) in [5.41, 5.74) is 6.90. The maximum Gasteiger partial charge on any atom is 0.342 e. The molecular weight excluding hydrogens is 316 g/mol. The minimum Gasteiger partial charge on any atom is -0.478 e. The van der Waals surface area contributed by atoms with Crippen molar-refractivity contribution in [1.82, 2.24) is 0 Å². The Morgan fingerprint density at radius 2 is 1.42 bits per heavy atom. The summed E-state index contributed by atoms with van der Waals surface area (Å²) in [7, 11) is 0. The molecule has 0 aliphatic heterocycles. The van der Waals surface area contributed by atoms with E-state index in [9.17, 15) is 19.7 Å². The maximum absolute atomic E-state index is 10.5. The molecule has 2 aromatic rings. The number of nitrogens with zero attached hydrogens (tertiary/aromatic N) is 1. The second-order valence-corrected chi connectivity index (χ2v) is 4.98. The standard InChI is InChI=1S/C8H7NO4.C8H9NO2/c1-5-2-3-6(8(10)11)7(4-5)9(12)13;1-5-2-3-6(8(10)11)7(9)4-5/h2-4H,1H3,(H,10,11);2-4H,9H2,1H3,(H,10,11). The van der Waals surface area contributed by atoms with Crippen LogP contribution in [0.5, 0.6) is 0 Å². The highest BCUT2D eigenvalue weighted by atomic mass is 16.6. The van der Waals surface area contributed by atoms with Gasteiger partial charge in [0.15, 0.2) is 0 Å². The molecule has 8 nitrogen and oxygen atoms in total. The lowest BCUT2D eigenvalue weighted by Crippen LogP contribution is -2.02. The number of nitrogen functional groups attached to an aromatic ring is 1. The van der Waals surface area contributed by atoms with Crippen molar-refractivity contribution in [2.75, 3.05) is 5.73 Å². The van der Waals surface area contributed by atoms with Crippen LogP contribution in [-0.2, 0) is 0 Å². The molecule has 0 fully saturated rings. The lowest BCUT2D eigenvalue weighted by atomic mass is 10.1. The van der Waals surface area contributed by atoms with E-state index in [0.29, 0.717) is 11.3 Å². The van der Waals surface area contributed by atoms with E-state index in [4.69, 9.17) is 15.9 Å². The van der Waals surface area contributed by atoms with Crippen LogP contribution in [0, 0.1) is 24.0 Å². The second kappa shape index (κ2) is 7.73. The van der Waals surface area contributed by atoms with Gasteiger partial charge in [0, 0.05) is 11.8 Å². The molecule has 2 aromatic carbocycles. The van der Waals surface area contributed by atoms with Crippen LogP contribution in [0.2, 0.25) is 0 Å². The Hall–Kier alpha value is -3.42. The Morgan fingerprint density at radius 3 is 1.83 bits per heavy atom. The summed E-state index contributed by atoms with van der Waals surface area (Å²) in [5.74, 6) is -2.27. The zero-order chi connectivity index (χ0) is 18.4. The van der Waals surface area contributed by atoms with E-state index < -0.39 is 16.9 Å². The maximum atomic E-state index is 10.5. The molecule has 0 aromatic heterocycles. The van der Waals surface area contributed by atoms with Gasteiger partial charge in [0.05, 0.1) is 10.5 Å². The number of rotatable bonds is 3. The molecule has 8 heteroatoms. The summed E-state index contributed by atoms with van der Waals surface area (Å²) in [5, 5.41) is 27.6. The van der Waals surface area contributed by atoms with Gasteiger partial charge in [-0.1, -0.05) is 12.1 Å². The molecule has 0 aliphatic carbocycles. The number of aromatic carboxylic acids is 2. The van der Waals surface area contributed by atoms with Gasteiger partial charge in [-0.15, -0.1) is 0 Å². The van der Waals surface area contributed by atoms with Crippen molar-refractivity contribution < 1.29 is 24.7 Å². The van der Waals surface area contributed by atoms with Crippen molar-refractivity contribution in [3.63, 3.8) is 0 Å². The molecule has 0 spiro atoms. The Kier molecular flexibility index (Phi) is 6.00. The highest BCUT2D eigenvalue weighted by Crippen LogP contribution is 2.19. The monoisotopic (exact) mass is 332 g/mol. The Bertz CT molecular complexity index is 801. The first kappa shape index (κ1) is 18.6. The average Bonchev–Trinajstić information content (AvgIpc) is 2.46. The summed E-state index contributed by atoms with van der Waals surface area (Å²) in [6.07, 6.45) is 0. The van der Waals surface area contributed by atoms with Crippen molar-refractivity contribution in [3.05, 3.63) is 68.8 Å². The minimum absolute atomic E-state index is 0.163. The van der Waals surface area contributed by atoms with Gasteiger partial charge in [-0.3, -0.25) is 10.1 Å². The number of hydrogen-bond acceptors (Lipinski definition) is 5. The fourth-order valence-corrected chi connectivity index (χ4v) is 1.85. The molecule has 0 unspecified atom stereocenters. The molecule has 0 saturated carbocycles. The van der Waals surface area contributed by atoms with Crippen LogP contribution in [0.3, 0.4) is 0 Å². The largest absolute Gasteiger partial charge is 0.478 e. The summed E-state index contributed by atoms with van der Waals surface area (Å²) in [6, 6.07) is 8.87. The topological polar surface area (TPSA) is 144 Å². The molecule has 0 amide bonds. The van der Waals surface area contributed by atoms with E-state index in [1.54, 1.807) is 19.1 Å². The minimum atomic E-state index is -1.29. The smallest absolute Gasteiger partial charge is 0.342 e. The fraction of sp³-hybridized carbons (Fsp3) is 0.125. The molecule has 0 aliphatic rings. The lowest BCUT2D eigenvalue weighted by molar-refractivity contribution is -0.385. The average molecular weight is 332 g/mol. The number of carbonyl (C=O) groups is 2. The predicted molar refractivity (Wildman–Crippen MR) is 87.3 cm³/mol. The third kappa shape index (κ3) is 4.80. The molecule has 0 saturated heterocycles.